The van der Waals surface area contributed by atoms with Crippen LogP contribution in [0.3, 0.4) is 0 Å². The van der Waals surface area contributed by atoms with Gasteiger partial charge in [-0.2, -0.15) is 0 Å². The van der Waals surface area contributed by atoms with Crippen molar-refractivity contribution in [2.24, 2.45) is 0 Å². The number of aliphatic hydroxyl groups excluding tert-OH is 1. The molecular formula is C10H12N2O4. The van der Waals surface area contributed by atoms with Crippen LogP contribution in [0.25, 0.3) is 0 Å². The van der Waals surface area contributed by atoms with Crippen molar-refractivity contribution in [1.29, 1.82) is 0 Å². The minimum absolute atomic E-state index is 0.135. The van der Waals surface area contributed by atoms with E-state index in [-0.39, 0.29) is 23.9 Å². The van der Waals surface area contributed by atoms with E-state index in [1.165, 1.54) is 24.3 Å². The minimum atomic E-state index is -0.563. The lowest BCUT2D eigenvalue weighted by molar-refractivity contribution is -0.384. The monoisotopic (exact) mass is 224 g/mol. The number of carbonyl (C=O) groups is 1. The van der Waals surface area contributed by atoms with E-state index in [4.69, 9.17) is 5.11 Å². The summed E-state index contributed by atoms with van der Waals surface area (Å²) in [6.45, 7) is 1.45. The van der Waals surface area contributed by atoms with E-state index in [0.29, 0.717) is 0 Å². The summed E-state index contributed by atoms with van der Waals surface area (Å²) in [5, 5.41) is 21.7. The molecule has 1 atom stereocenters. The molecule has 0 aliphatic heterocycles. The van der Waals surface area contributed by atoms with E-state index in [2.05, 4.69) is 5.32 Å². The summed E-state index contributed by atoms with van der Waals surface area (Å²) in [5.74, 6) is -0.440. The van der Waals surface area contributed by atoms with E-state index in [9.17, 15) is 14.9 Å². The summed E-state index contributed by atoms with van der Waals surface area (Å²) < 4.78 is 0. The normalized spacial score (nSPS) is 11.9. The van der Waals surface area contributed by atoms with Gasteiger partial charge in [-0.1, -0.05) is 6.07 Å². The minimum Gasteiger partial charge on any atom is -0.394 e. The molecule has 0 aromatic heterocycles. The summed E-state index contributed by atoms with van der Waals surface area (Å²) in [6.07, 6.45) is 0. The van der Waals surface area contributed by atoms with Crippen molar-refractivity contribution in [2.75, 3.05) is 6.61 Å². The zero-order chi connectivity index (χ0) is 12.1. The highest BCUT2D eigenvalue weighted by atomic mass is 16.6. The molecule has 1 rings (SSSR count). The SMILES string of the molecule is C[C@H](CO)NC(=O)c1cccc([N+](=O)[O-])c1. The standard InChI is InChI=1S/C10H12N2O4/c1-7(6-13)11-10(14)8-3-2-4-9(5-8)12(15)16/h2-5,7,13H,6H2,1H3,(H,11,14)/t7-/m1/s1. The summed E-state index contributed by atoms with van der Waals surface area (Å²) >= 11 is 0. The highest BCUT2D eigenvalue weighted by Crippen LogP contribution is 2.12. The van der Waals surface area contributed by atoms with Crippen LogP contribution in [-0.2, 0) is 0 Å². The Morgan fingerprint density at radius 1 is 1.62 bits per heavy atom. The van der Waals surface area contributed by atoms with Gasteiger partial charge in [-0.25, -0.2) is 0 Å². The van der Waals surface area contributed by atoms with Gasteiger partial charge in [0.25, 0.3) is 11.6 Å². The maximum atomic E-state index is 11.5. The number of nitro groups is 1. The first kappa shape index (κ1) is 12.1. The fourth-order valence-corrected chi connectivity index (χ4v) is 1.11. The zero-order valence-electron chi connectivity index (χ0n) is 8.71. The molecule has 0 fully saturated rings. The number of benzene rings is 1. The van der Waals surface area contributed by atoms with Crippen LogP contribution in [0.4, 0.5) is 5.69 Å². The maximum Gasteiger partial charge on any atom is 0.270 e. The van der Waals surface area contributed by atoms with Crippen LogP contribution >= 0.6 is 0 Å². The Hall–Kier alpha value is -1.95. The van der Waals surface area contributed by atoms with Gasteiger partial charge in [0, 0.05) is 23.7 Å². The Bertz CT molecular complexity index is 406. The number of non-ortho nitro benzene ring substituents is 1. The van der Waals surface area contributed by atoms with Gasteiger partial charge in [0.1, 0.15) is 0 Å². The molecule has 0 saturated heterocycles. The lowest BCUT2D eigenvalue weighted by Gasteiger charge is -2.10. The van der Waals surface area contributed by atoms with E-state index < -0.39 is 10.8 Å². The van der Waals surface area contributed by atoms with Crippen LogP contribution in [0.15, 0.2) is 24.3 Å². The Kier molecular flexibility index (Phi) is 3.96. The summed E-state index contributed by atoms with van der Waals surface area (Å²) in [4.78, 5) is 21.5. The molecule has 6 nitrogen and oxygen atoms in total. The van der Waals surface area contributed by atoms with E-state index in [0.717, 1.165) is 0 Å². The highest BCUT2D eigenvalue weighted by Gasteiger charge is 2.12. The number of nitro benzene ring substituents is 1. The van der Waals surface area contributed by atoms with Gasteiger partial charge in [-0.15, -0.1) is 0 Å². The molecule has 0 radical (unpaired) electrons. The van der Waals surface area contributed by atoms with Crippen LogP contribution < -0.4 is 5.32 Å². The Labute approximate surface area is 92.0 Å². The molecule has 0 unspecified atom stereocenters. The predicted molar refractivity (Wildman–Crippen MR) is 57.1 cm³/mol. The molecule has 0 bridgehead atoms. The van der Waals surface area contributed by atoms with Gasteiger partial charge in [0.05, 0.1) is 11.5 Å². The van der Waals surface area contributed by atoms with Crippen LogP contribution in [0, 0.1) is 10.1 Å². The fourth-order valence-electron chi connectivity index (χ4n) is 1.11. The van der Waals surface area contributed by atoms with Crippen molar-refractivity contribution < 1.29 is 14.8 Å². The van der Waals surface area contributed by atoms with Crippen molar-refractivity contribution >= 4 is 11.6 Å². The Morgan fingerprint density at radius 2 is 2.31 bits per heavy atom. The van der Waals surface area contributed by atoms with Crippen LogP contribution in [0.1, 0.15) is 17.3 Å². The number of hydrogen-bond acceptors (Lipinski definition) is 4. The molecule has 16 heavy (non-hydrogen) atoms. The van der Waals surface area contributed by atoms with Crippen LogP contribution in [0.5, 0.6) is 0 Å². The molecule has 1 amide bonds. The Balaban J connectivity index is 2.83. The molecule has 2 N–H and O–H groups in total. The van der Waals surface area contributed by atoms with Crippen LogP contribution in [0.2, 0.25) is 0 Å². The van der Waals surface area contributed by atoms with E-state index >= 15 is 0 Å². The first-order valence-corrected chi connectivity index (χ1v) is 4.70. The molecule has 0 aliphatic carbocycles. The molecule has 0 saturated carbocycles. The van der Waals surface area contributed by atoms with Gasteiger partial charge in [0.15, 0.2) is 0 Å². The van der Waals surface area contributed by atoms with Crippen molar-refractivity contribution in [3.63, 3.8) is 0 Å². The number of aliphatic hydroxyl groups is 1. The third-order valence-corrected chi connectivity index (χ3v) is 1.97. The second-order valence-corrected chi connectivity index (χ2v) is 3.36. The first-order chi connectivity index (χ1) is 7.54. The number of rotatable bonds is 4. The number of amides is 1. The first-order valence-electron chi connectivity index (χ1n) is 4.70. The number of carbonyl (C=O) groups excluding carboxylic acids is 1. The topological polar surface area (TPSA) is 92.5 Å². The highest BCUT2D eigenvalue weighted by molar-refractivity contribution is 5.94. The van der Waals surface area contributed by atoms with E-state index in [1.54, 1.807) is 6.92 Å². The molecule has 0 heterocycles. The third-order valence-electron chi connectivity index (χ3n) is 1.97. The number of nitrogens with one attached hydrogen (secondary N) is 1. The smallest absolute Gasteiger partial charge is 0.270 e. The summed E-state index contributed by atoms with van der Waals surface area (Å²) in [7, 11) is 0. The van der Waals surface area contributed by atoms with Crippen molar-refractivity contribution in [3.8, 4) is 0 Å². The molecule has 0 spiro atoms. The quantitative estimate of drug-likeness (QED) is 0.581. The second kappa shape index (κ2) is 5.22. The molecule has 86 valence electrons. The number of hydrogen-bond donors (Lipinski definition) is 2. The van der Waals surface area contributed by atoms with Crippen molar-refractivity contribution in [3.05, 3.63) is 39.9 Å². The van der Waals surface area contributed by atoms with E-state index in [1.807, 2.05) is 0 Å². The lowest BCUT2D eigenvalue weighted by atomic mass is 10.2. The average Bonchev–Trinajstić information content (AvgIpc) is 2.28. The van der Waals surface area contributed by atoms with Crippen molar-refractivity contribution in [1.82, 2.24) is 5.32 Å². The molecule has 1 aromatic rings. The second-order valence-electron chi connectivity index (χ2n) is 3.36. The average molecular weight is 224 g/mol. The largest absolute Gasteiger partial charge is 0.394 e. The summed E-state index contributed by atoms with van der Waals surface area (Å²) in [6, 6.07) is 5.04. The van der Waals surface area contributed by atoms with Crippen molar-refractivity contribution in [2.45, 2.75) is 13.0 Å². The van der Waals surface area contributed by atoms with Gasteiger partial charge in [-0.05, 0) is 13.0 Å². The molecule has 1 aromatic carbocycles. The number of nitrogens with zero attached hydrogens (tertiary/aromatic N) is 1. The van der Waals surface area contributed by atoms with Gasteiger partial charge in [0.2, 0.25) is 0 Å². The lowest BCUT2D eigenvalue weighted by Crippen LogP contribution is -2.34. The molecule has 0 aliphatic rings. The third kappa shape index (κ3) is 3.03. The van der Waals surface area contributed by atoms with Gasteiger partial charge < -0.3 is 10.4 Å². The zero-order valence-corrected chi connectivity index (χ0v) is 8.71. The molecule has 6 heteroatoms. The van der Waals surface area contributed by atoms with Gasteiger partial charge in [-0.3, -0.25) is 14.9 Å². The summed E-state index contributed by atoms with van der Waals surface area (Å²) in [5.41, 5.74) is 0.0683. The Morgan fingerprint density at radius 3 is 2.88 bits per heavy atom. The fraction of sp³-hybridized carbons (Fsp3) is 0.300. The molecular weight excluding hydrogens is 212 g/mol. The predicted octanol–water partition coefficient (Wildman–Crippen LogP) is 0.705. The van der Waals surface area contributed by atoms with Crippen LogP contribution in [-0.4, -0.2) is 28.6 Å². The maximum absolute atomic E-state index is 11.5. The van der Waals surface area contributed by atoms with Gasteiger partial charge >= 0.3 is 0 Å².